The van der Waals surface area contributed by atoms with Crippen LogP contribution in [0.2, 0.25) is 0 Å². The van der Waals surface area contributed by atoms with Crippen molar-refractivity contribution in [2.24, 2.45) is 0 Å². The highest BCUT2D eigenvalue weighted by atomic mass is 16.3. The average molecular weight is 806 g/mol. The molecule has 2 aliphatic carbocycles. The lowest BCUT2D eigenvalue weighted by Crippen LogP contribution is -2.21. The van der Waals surface area contributed by atoms with E-state index in [1.54, 1.807) is 0 Å². The van der Waals surface area contributed by atoms with Crippen LogP contribution in [-0.4, -0.2) is 0 Å². The maximum atomic E-state index is 7.22. The minimum absolute atomic E-state index is 0.00408. The zero-order valence-corrected chi connectivity index (χ0v) is 37.8. The molecular weight excluding hydrogens is 751 g/mol. The first kappa shape index (κ1) is 38.5. The smallest absolute Gasteiger partial charge is 0.143 e. The second kappa shape index (κ2) is 13.1. The molecule has 11 rings (SSSR count). The fraction of sp³-hybridized carbons (Fsp3) is 0.233. The highest BCUT2D eigenvalue weighted by Gasteiger charge is 2.42. The van der Waals surface area contributed by atoms with E-state index in [0.29, 0.717) is 0 Å². The normalized spacial score (nSPS) is 14.9. The largest absolute Gasteiger partial charge is 0.455 e. The predicted octanol–water partition coefficient (Wildman–Crippen LogP) is 17.1. The van der Waals surface area contributed by atoms with E-state index in [-0.39, 0.29) is 21.7 Å². The molecule has 0 radical (unpaired) electrons. The molecule has 2 nitrogen and oxygen atoms in total. The van der Waals surface area contributed by atoms with Crippen molar-refractivity contribution >= 4 is 49.8 Å². The summed E-state index contributed by atoms with van der Waals surface area (Å²) < 4.78 is 7.22. The number of hydrogen-bond donors (Lipinski definition) is 0. The molecule has 0 fully saturated rings. The lowest BCUT2D eigenvalue weighted by molar-refractivity contribution is 0.559. The Morgan fingerprint density at radius 2 is 1.11 bits per heavy atom. The minimum Gasteiger partial charge on any atom is -0.455 e. The molecule has 306 valence electrons. The van der Waals surface area contributed by atoms with E-state index in [9.17, 15) is 0 Å². The summed E-state index contributed by atoms with van der Waals surface area (Å²) in [5, 5.41) is 4.91. The first-order valence-corrected chi connectivity index (χ1v) is 22.3. The van der Waals surface area contributed by atoms with Gasteiger partial charge in [0.15, 0.2) is 0 Å². The average Bonchev–Trinajstić information content (AvgIpc) is 3.82. The third kappa shape index (κ3) is 5.55. The lowest BCUT2D eigenvalue weighted by Gasteiger charge is -2.33. The zero-order valence-electron chi connectivity index (χ0n) is 37.8. The monoisotopic (exact) mass is 805 g/mol. The van der Waals surface area contributed by atoms with E-state index >= 15 is 0 Å². The van der Waals surface area contributed by atoms with Gasteiger partial charge in [-0.15, -0.1) is 0 Å². The van der Waals surface area contributed by atoms with Crippen molar-refractivity contribution in [3.05, 3.63) is 185 Å². The first-order valence-electron chi connectivity index (χ1n) is 22.3. The Labute approximate surface area is 366 Å². The van der Waals surface area contributed by atoms with Crippen molar-refractivity contribution in [3.8, 4) is 33.4 Å². The number of furan rings is 1. The minimum atomic E-state index is -0.314. The molecule has 8 aromatic carbocycles. The second-order valence-electron chi connectivity index (χ2n) is 21.0. The van der Waals surface area contributed by atoms with Gasteiger partial charge in [0.1, 0.15) is 11.2 Å². The molecular formula is C60H55NO. The Kier molecular flexibility index (Phi) is 8.12. The summed E-state index contributed by atoms with van der Waals surface area (Å²) in [6.07, 6.45) is 0. The topological polar surface area (TPSA) is 16.4 Å². The fourth-order valence-electron chi connectivity index (χ4n) is 11.0. The van der Waals surface area contributed by atoms with Crippen LogP contribution in [0.4, 0.5) is 17.1 Å². The van der Waals surface area contributed by atoms with Crippen LogP contribution < -0.4 is 4.90 Å². The van der Waals surface area contributed by atoms with Crippen LogP contribution in [0.25, 0.3) is 66.1 Å². The number of fused-ring (bicyclic) bond motifs is 11. The zero-order chi connectivity index (χ0) is 43.1. The van der Waals surface area contributed by atoms with E-state index in [0.717, 1.165) is 22.5 Å². The van der Waals surface area contributed by atoms with Crippen molar-refractivity contribution in [1.82, 2.24) is 0 Å². The van der Waals surface area contributed by atoms with Crippen molar-refractivity contribution in [3.63, 3.8) is 0 Å². The summed E-state index contributed by atoms with van der Waals surface area (Å²) in [4.78, 5) is 2.52. The molecule has 62 heavy (non-hydrogen) atoms. The van der Waals surface area contributed by atoms with Gasteiger partial charge in [-0.25, -0.2) is 0 Å². The second-order valence-corrected chi connectivity index (χ2v) is 21.0. The Hall–Kier alpha value is -6.38. The Bertz CT molecular complexity index is 3300. The Balaban J connectivity index is 1.14. The summed E-state index contributed by atoms with van der Waals surface area (Å²) in [6, 6.07) is 57.0. The summed E-state index contributed by atoms with van der Waals surface area (Å²) in [6.45, 7) is 23.4. The molecule has 0 spiro atoms. The van der Waals surface area contributed by atoms with Crippen LogP contribution in [0.1, 0.15) is 103 Å². The number of nitrogens with zero attached hydrogens (tertiary/aromatic N) is 1. The van der Waals surface area contributed by atoms with Crippen LogP contribution >= 0.6 is 0 Å². The summed E-state index contributed by atoms with van der Waals surface area (Å²) in [5.41, 5.74) is 20.5. The van der Waals surface area contributed by atoms with Gasteiger partial charge in [0.2, 0.25) is 0 Å². The van der Waals surface area contributed by atoms with Gasteiger partial charge in [0, 0.05) is 44.1 Å². The standard InChI is InChI=1S/C60H55NO/c1-57(2,3)38-33-47-45-31-32-49-53(56(45)62-55(47)51(34-38)58(4,5)6)46-22-16-24-52(54(46)60(49,9)10)61(40-29-30-44-43-20-13-14-23-48(43)59(7,8)50(44)35-40)39-27-25-37(26-28-39)42-21-15-18-36-17-11-12-19-41(36)42/h11-35H,1-10H3. The molecule has 1 heterocycles. The van der Waals surface area contributed by atoms with Gasteiger partial charge in [0.05, 0.1) is 5.69 Å². The van der Waals surface area contributed by atoms with E-state index < -0.39 is 0 Å². The Morgan fingerprint density at radius 3 is 1.89 bits per heavy atom. The molecule has 0 unspecified atom stereocenters. The van der Waals surface area contributed by atoms with E-state index in [4.69, 9.17) is 4.42 Å². The molecule has 1 aromatic heterocycles. The maximum Gasteiger partial charge on any atom is 0.143 e. The molecule has 2 aliphatic rings. The number of rotatable bonds is 4. The molecule has 0 saturated heterocycles. The van der Waals surface area contributed by atoms with E-state index in [1.807, 2.05) is 0 Å². The van der Waals surface area contributed by atoms with Gasteiger partial charge >= 0.3 is 0 Å². The molecule has 0 aliphatic heterocycles. The van der Waals surface area contributed by atoms with Crippen LogP contribution in [0.15, 0.2) is 156 Å². The van der Waals surface area contributed by atoms with Crippen molar-refractivity contribution < 1.29 is 4.42 Å². The maximum absolute atomic E-state index is 7.22. The molecule has 0 N–H and O–H groups in total. The van der Waals surface area contributed by atoms with E-state index in [2.05, 4.69) is 226 Å². The van der Waals surface area contributed by atoms with E-state index in [1.165, 1.54) is 94.0 Å². The molecule has 0 saturated carbocycles. The van der Waals surface area contributed by atoms with Crippen molar-refractivity contribution in [1.29, 1.82) is 0 Å². The molecule has 0 bridgehead atoms. The molecule has 0 atom stereocenters. The summed E-state index contributed by atoms with van der Waals surface area (Å²) >= 11 is 0. The van der Waals surface area contributed by atoms with Gasteiger partial charge in [-0.1, -0.05) is 184 Å². The highest BCUT2D eigenvalue weighted by molar-refractivity contribution is 6.13. The van der Waals surface area contributed by atoms with Crippen LogP contribution in [0.3, 0.4) is 0 Å². The summed E-state index contributed by atoms with van der Waals surface area (Å²) in [7, 11) is 0. The van der Waals surface area contributed by atoms with Gasteiger partial charge in [-0.3, -0.25) is 0 Å². The third-order valence-corrected chi connectivity index (χ3v) is 14.3. The van der Waals surface area contributed by atoms with Crippen molar-refractivity contribution in [2.45, 2.75) is 90.9 Å². The predicted molar refractivity (Wildman–Crippen MR) is 264 cm³/mol. The molecule has 2 heteroatoms. The number of anilines is 3. The van der Waals surface area contributed by atoms with Gasteiger partial charge in [-0.05, 0) is 114 Å². The van der Waals surface area contributed by atoms with Crippen LogP contribution in [-0.2, 0) is 21.7 Å². The lowest BCUT2D eigenvalue weighted by atomic mass is 9.79. The van der Waals surface area contributed by atoms with Crippen molar-refractivity contribution in [2.75, 3.05) is 4.90 Å². The SMILES string of the molecule is CC(C)(C)c1cc(C(C)(C)C)c2oc3c4c(ccc3c2c1)C(C)(C)c1c-4cccc1N(c1ccc(-c2cccc3ccccc23)cc1)c1ccc2c(c1)C(C)(C)c1ccccc1-2. The number of hydrogen-bond acceptors (Lipinski definition) is 2. The van der Waals surface area contributed by atoms with Gasteiger partial charge < -0.3 is 9.32 Å². The quantitative estimate of drug-likeness (QED) is 0.176. The Morgan fingerprint density at radius 1 is 0.452 bits per heavy atom. The van der Waals surface area contributed by atoms with Crippen LogP contribution in [0.5, 0.6) is 0 Å². The first-order chi connectivity index (χ1) is 29.5. The molecule has 0 amide bonds. The van der Waals surface area contributed by atoms with Gasteiger partial charge in [0.25, 0.3) is 0 Å². The summed E-state index contributed by atoms with van der Waals surface area (Å²) in [5.74, 6) is 0. The third-order valence-electron chi connectivity index (χ3n) is 14.3. The van der Waals surface area contributed by atoms with Gasteiger partial charge in [-0.2, -0.15) is 0 Å². The highest BCUT2D eigenvalue weighted by Crippen LogP contribution is 2.58. The number of benzene rings is 8. The molecule has 9 aromatic rings. The fourth-order valence-corrected chi connectivity index (χ4v) is 11.0. The van der Waals surface area contributed by atoms with Crippen LogP contribution in [0, 0.1) is 0 Å².